The Morgan fingerprint density at radius 2 is 1.80 bits per heavy atom. The first-order valence-electron chi connectivity index (χ1n) is 4.19. The molecular formula is C10H9Br3O2. The number of carbonyl (C=O) groups excluding carboxylic acids is 1. The zero-order chi connectivity index (χ0) is 11.5. The van der Waals surface area contributed by atoms with Gasteiger partial charge in [-0.2, -0.15) is 0 Å². The molecule has 5 heteroatoms. The molecule has 82 valence electrons. The van der Waals surface area contributed by atoms with Gasteiger partial charge in [0.25, 0.3) is 0 Å². The van der Waals surface area contributed by atoms with Crippen LogP contribution in [0.4, 0.5) is 0 Å². The molecule has 0 bridgehead atoms. The minimum absolute atomic E-state index is 0.194. The zero-order valence-electron chi connectivity index (χ0n) is 7.97. The minimum atomic E-state index is -0.548. The highest BCUT2D eigenvalue weighted by atomic mass is 80.0. The number of hydrogen-bond acceptors (Lipinski definition) is 2. The van der Waals surface area contributed by atoms with Crippen molar-refractivity contribution in [3.63, 3.8) is 0 Å². The van der Waals surface area contributed by atoms with Crippen LogP contribution in [0.2, 0.25) is 0 Å². The molecule has 1 aromatic carbocycles. The smallest absolute Gasteiger partial charge is 0.338 e. The molecular weight excluding hydrogens is 392 g/mol. The van der Waals surface area contributed by atoms with Gasteiger partial charge in [-0.1, -0.05) is 65.5 Å². The van der Waals surface area contributed by atoms with Gasteiger partial charge in [-0.25, -0.2) is 4.79 Å². The summed E-state index contributed by atoms with van der Waals surface area (Å²) in [6.45, 7) is 2.16. The third-order valence-electron chi connectivity index (χ3n) is 1.65. The van der Waals surface area contributed by atoms with Crippen molar-refractivity contribution in [2.45, 2.75) is 9.07 Å². The second-order valence-electron chi connectivity index (χ2n) is 3.06. The molecule has 0 saturated carbocycles. The molecule has 0 unspecified atom stereocenters. The molecule has 0 aliphatic carbocycles. The van der Waals surface area contributed by atoms with Crippen LogP contribution >= 0.6 is 47.8 Å². The van der Waals surface area contributed by atoms with Gasteiger partial charge in [0.15, 0.2) is 2.14 Å². The number of aryl methyl sites for hydroxylation is 1. The summed E-state index contributed by atoms with van der Waals surface area (Å²) >= 11 is 9.74. The van der Waals surface area contributed by atoms with E-state index < -0.39 is 2.14 Å². The number of carbonyl (C=O) groups is 1. The number of halogens is 3. The summed E-state index contributed by atoms with van der Waals surface area (Å²) in [7, 11) is 0. The van der Waals surface area contributed by atoms with E-state index in [4.69, 9.17) is 4.74 Å². The Bertz CT molecular complexity index is 341. The highest BCUT2D eigenvalue weighted by Gasteiger charge is 2.20. The highest BCUT2D eigenvalue weighted by molar-refractivity contribution is 9.39. The SMILES string of the molecule is Cc1ccc(C(=O)OCC(Br)(Br)Br)cc1. The maximum Gasteiger partial charge on any atom is 0.338 e. The lowest BCUT2D eigenvalue weighted by Gasteiger charge is -2.12. The van der Waals surface area contributed by atoms with Gasteiger partial charge < -0.3 is 4.74 Å². The largest absolute Gasteiger partial charge is 0.459 e. The van der Waals surface area contributed by atoms with E-state index in [1.54, 1.807) is 12.1 Å². The predicted molar refractivity (Wildman–Crippen MR) is 71.0 cm³/mol. The molecule has 0 saturated heterocycles. The van der Waals surface area contributed by atoms with Crippen LogP contribution in [-0.4, -0.2) is 14.7 Å². The van der Waals surface area contributed by atoms with Crippen LogP contribution < -0.4 is 0 Å². The summed E-state index contributed by atoms with van der Waals surface area (Å²) in [6.07, 6.45) is 0. The van der Waals surface area contributed by atoms with Crippen LogP contribution in [0, 0.1) is 6.92 Å². The van der Waals surface area contributed by atoms with E-state index in [2.05, 4.69) is 47.8 Å². The van der Waals surface area contributed by atoms with Crippen molar-refractivity contribution in [1.82, 2.24) is 0 Å². The summed E-state index contributed by atoms with van der Waals surface area (Å²) in [5.74, 6) is -0.335. The average molecular weight is 401 g/mol. The third kappa shape index (κ3) is 5.13. The molecule has 0 fully saturated rings. The number of rotatable bonds is 2. The highest BCUT2D eigenvalue weighted by Crippen LogP contribution is 2.33. The quantitative estimate of drug-likeness (QED) is 0.554. The lowest BCUT2D eigenvalue weighted by molar-refractivity contribution is 0.0521. The number of ether oxygens (including phenoxy) is 1. The van der Waals surface area contributed by atoms with Crippen molar-refractivity contribution in [1.29, 1.82) is 0 Å². The van der Waals surface area contributed by atoms with Crippen LogP contribution in [-0.2, 0) is 4.74 Å². The number of benzene rings is 1. The molecule has 15 heavy (non-hydrogen) atoms. The van der Waals surface area contributed by atoms with Crippen LogP contribution in [0.25, 0.3) is 0 Å². The van der Waals surface area contributed by atoms with Crippen LogP contribution in [0.5, 0.6) is 0 Å². The van der Waals surface area contributed by atoms with Crippen molar-refractivity contribution < 1.29 is 9.53 Å². The van der Waals surface area contributed by atoms with Crippen molar-refractivity contribution in [2.24, 2.45) is 0 Å². The van der Waals surface area contributed by atoms with Crippen molar-refractivity contribution >= 4 is 53.8 Å². The number of alkyl halides is 3. The third-order valence-corrected chi connectivity index (χ3v) is 2.34. The van der Waals surface area contributed by atoms with Gasteiger partial charge in [-0.05, 0) is 19.1 Å². The van der Waals surface area contributed by atoms with Gasteiger partial charge in [0.1, 0.15) is 6.61 Å². The summed E-state index contributed by atoms with van der Waals surface area (Å²) in [6, 6.07) is 7.24. The fraction of sp³-hybridized carbons (Fsp3) is 0.300. The van der Waals surface area contributed by atoms with Gasteiger partial charge >= 0.3 is 5.97 Å². The first kappa shape index (κ1) is 13.2. The van der Waals surface area contributed by atoms with Crippen LogP contribution in [0.3, 0.4) is 0 Å². The van der Waals surface area contributed by atoms with Gasteiger partial charge in [-0.15, -0.1) is 0 Å². The Morgan fingerprint density at radius 3 is 2.27 bits per heavy atom. The van der Waals surface area contributed by atoms with Gasteiger partial charge in [0.2, 0.25) is 0 Å². The van der Waals surface area contributed by atoms with Gasteiger partial charge in [-0.3, -0.25) is 0 Å². The molecule has 0 heterocycles. The maximum absolute atomic E-state index is 11.5. The maximum atomic E-state index is 11.5. The molecule has 0 aliphatic rings. The van der Waals surface area contributed by atoms with E-state index in [0.717, 1.165) is 5.56 Å². The second kappa shape index (κ2) is 5.46. The lowest BCUT2D eigenvalue weighted by Crippen LogP contribution is -2.15. The van der Waals surface area contributed by atoms with Crippen molar-refractivity contribution in [2.75, 3.05) is 6.61 Å². The Morgan fingerprint density at radius 1 is 1.27 bits per heavy atom. The monoisotopic (exact) mass is 398 g/mol. The minimum Gasteiger partial charge on any atom is -0.459 e. The zero-order valence-corrected chi connectivity index (χ0v) is 12.7. The Labute approximate surface area is 114 Å². The molecule has 0 spiro atoms. The molecule has 0 aliphatic heterocycles. The predicted octanol–water partition coefficient (Wildman–Crippen LogP) is 3.99. The Hall–Kier alpha value is 0.130. The van der Waals surface area contributed by atoms with E-state index in [0.29, 0.717) is 5.56 Å². The molecule has 0 radical (unpaired) electrons. The average Bonchev–Trinajstić information content (AvgIpc) is 2.14. The van der Waals surface area contributed by atoms with Gasteiger partial charge in [0, 0.05) is 0 Å². The first-order chi connectivity index (χ1) is 6.88. The van der Waals surface area contributed by atoms with Crippen molar-refractivity contribution in [3.8, 4) is 0 Å². The number of esters is 1. The normalized spacial score (nSPS) is 11.2. The lowest BCUT2D eigenvalue weighted by atomic mass is 10.1. The van der Waals surface area contributed by atoms with Crippen LogP contribution in [0.1, 0.15) is 15.9 Å². The fourth-order valence-electron chi connectivity index (χ4n) is 0.920. The van der Waals surface area contributed by atoms with Crippen LogP contribution in [0.15, 0.2) is 24.3 Å². The van der Waals surface area contributed by atoms with Gasteiger partial charge in [0.05, 0.1) is 5.56 Å². The molecule has 0 aromatic heterocycles. The Kier molecular flexibility index (Phi) is 4.80. The summed E-state index contributed by atoms with van der Waals surface area (Å²) in [4.78, 5) is 11.5. The summed E-state index contributed by atoms with van der Waals surface area (Å²) < 4.78 is 4.50. The fourth-order valence-corrected chi connectivity index (χ4v) is 1.26. The first-order valence-corrected chi connectivity index (χ1v) is 6.57. The molecule has 0 atom stereocenters. The molecule has 1 rings (SSSR count). The van der Waals surface area contributed by atoms with Crippen molar-refractivity contribution in [3.05, 3.63) is 35.4 Å². The van der Waals surface area contributed by atoms with E-state index in [-0.39, 0.29) is 12.6 Å². The standard InChI is InChI=1S/C10H9Br3O2/c1-7-2-4-8(5-3-7)9(14)15-6-10(11,12)13/h2-5H,6H2,1H3. The Balaban J connectivity index is 2.58. The summed E-state index contributed by atoms with van der Waals surface area (Å²) in [5, 5.41) is 0. The molecule has 0 N–H and O–H groups in total. The molecule has 2 nitrogen and oxygen atoms in total. The topological polar surface area (TPSA) is 26.3 Å². The second-order valence-corrected chi connectivity index (χ2v) is 10.3. The molecule has 0 amide bonds. The van der Waals surface area contributed by atoms with E-state index in [1.807, 2.05) is 19.1 Å². The number of hydrogen-bond donors (Lipinski definition) is 0. The van der Waals surface area contributed by atoms with E-state index >= 15 is 0 Å². The molecule has 1 aromatic rings. The van der Waals surface area contributed by atoms with E-state index in [1.165, 1.54) is 0 Å². The van der Waals surface area contributed by atoms with E-state index in [9.17, 15) is 4.79 Å². The summed E-state index contributed by atoms with van der Waals surface area (Å²) in [5.41, 5.74) is 1.67.